The van der Waals surface area contributed by atoms with E-state index in [2.05, 4.69) is 5.32 Å². The average molecular weight is 477 g/mol. The highest BCUT2D eigenvalue weighted by molar-refractivity contribution is 14.1. The number of rotatable bonds is 3. The van der Waals surface area contributed by atoms with Gasteiger partial charge in [0.05, 0.1) is 24.3 Å². The predicted molar refractivity (Wildman–Crippen MR) is 98.5 cm³/mol. The molecular weight excluding hydrogens is 462 g/mol. The van der Waals surface area contributed by atoms with Crippen molar-refractivity contribution in [3.05, 3.63) is 51.1 Å². The van der Waals surface area contributed by atoms with Crippen LogP contribution in [-0.2, 0) is 17.4 Å². The summed E-state index contributed by atoms with van der Waals surface area (Å²) in [4.78, 5) is 12.5. The van der Waals surface area contributed by atoms with Crippen molar-refractivity contribution in [2.75, 3.05) is 19.0 Å². The molecule has 1 N–H and O–H groups in total. The lowest BCUT2D eigenvalue weighted by Gasteiger charge is -2.25. The maximum absolute atomic E-state index is 12.9. The van der Waals surface area contributed by atoms with E-state index in [1.165, 1.54) is 6.07 Å². The average Bonchev–Trinajstić information content (AvgIpc) is 2.61. The van der Waals surface area contributed by atoms with Crippen molar-refractivity contribution in [1.82, 2.24) is 0 Å². The van der Waals surface area contributed by atoms with Gasteiger partial charge < -0.3 is 14.8 Å². The molecule has 26 heavy (non-hydrogen) atoms. The molecule has 1 heterocycles. The highest BCUT2D eigenvalue weighted by Crippen LogP contribution is 2.34. The van der Waals surface area contributed by atoms with Gasteiger partial charge in [-0.1, -0.05) is 6.07 Å². The first-order chi connectivity index (χ1) is 12.3. The standard InChI is InChI=1S/C18H15F3INO3/c1-25-13-4-2-10-6-11(9-26-16(10)8-13)17(24)23-15-7-12(18(19,20)21)3-5-14(15)22/h2-5,7-8,11H,6,9H2,1H3,(H,23,24). The Bertz CT molecular complexity index is 839. The molecule has 0 saturated heterocycles. The van der Waals surface area contributed by atoms with Gasteiger partial charge in [-0.05, 0) is 58.8 Å². The molecule has 1 amide bonds. The number of hydrogen-bond donors (Lipinski definition) is 1. The lowest BCUT2D eigenvalue weighted by molar-refractivity contribution is -0.137. The lowest BCUT2D eigenvalue weighted by Crippen LogP contribution is -2.32. The summed E-state index contributed by atoms with van der Waals surface area (Å²) in [5.74, 6) is 0.456. The molecule has 1 atom stereocenters. The van der Waals surface area contributed by atoms with Crippen molar-refractivity contribution >= 4 is 34.2 Å². The highest BCUT2D eigenvalue weighted by atomic mass is 127. The molecule has 1 aliphatic heterocycles. The van der Waals surface area contributed by atoms with Gasteiger partial charge in [-0.3, -0.25) is 4.79 Å². The molecular formula is C18H15F3INO3. The molecule has 8 heteroatoms. The first-order valence-electron chi connectivity index (χ1n) is 7.75. The molecule has 2 aromatic rings. The molecule has 2 aromatic carbocycles. The number of ether oxygens (including phenoxy) is 2. The monoisotopic (exact) mass is 477 g/mol. The third-order valence-electron chi connectivity index (χ3n) is 4.10. The lowest BCUT2D eigenvalue weighted by atomic mass is 9.95. The normalized spacial score (nSPS) is 16.4. The number of fused-ring (bicyclic) bond motifs is 1. The van der Waals surface area contributed by atoms with E-state index in [0.29, 0.717) is 21.5 Å². The van der Waals surface area contributed by atoms with Crippen molar-refractivity contribution in [1.29, 1.82) is 0 Å². The molecule has 1 aliphatic rings. The zero-order valence-corrected chi connectivity index (χ0v) is 15.8. The van der Waals surface area contributed by atoms with Crippen LogP contribution < -0.4 is 14.8 Å². The second-order valence-corrected chi connectivity index (χ2v) is 7.03. The summed E-state index contributed by atoms with van der Waals surface area (Å²) in [6, 6.07) is 8.62. The quantitative estimate of drug-likeness (QED) is 0.663. The fourth-order valence-electron chi connectivity index (χ4n) is 2.68. The minimum atomic E-state index is -4.46. The van der Waals surface area contributed by atoms with Crippen LogP contribution in [0.25, 0.3) is 0 Å². The summed E-state index contributed by atoms with van der Waals surface area (Å²) >= 11 is 1.89. The summed E-state index contributed by atoms with van der Waals surface area (Å²) in [6.45, 7) is 0.154. The van der Waals surface area contributed by atoms with Crippen molar-refractivity contribution in [3.63, 3.8) is 0 Å². The first-order valence-corrected chi connectivity index (χ1v) is 8.83. The van der Waals surface area contributed by atoms with Gasteiger partial charge >= 0.3 is 6.18 Å². The summed E-state index contributed by atoms with van der Waals surface area (Å²) < 4.78 is 49.9. The van der Waals surface area contributed by atoms with E-state index in [1.807, 2.05) is 28.7 Å². The van der Waals surface area contributed by atoms with Crippen LogP contribution in [-0.4, -0.2) is 19.6 Å². The number of methoxy groups -OCH3 is 1. The molecule has 0 bridgehead atoms. The topological polar surface area (TPSA) is 47.6 Å². The fraction of sp³-hybridized carbons (Fsp3) is 0.278. The Morgan fingerprint density at radius 3 is 2.73 bits per heavy atom. The Morgan fingerprint density at radius 1 is 1.27 bits per heavy atom. The SMILES string of the molecule is COc1ccc2c(c1)OCC(C(=O)Nc1cc(C(F)(F)F)ccc1I)C2. The van der Waals surface area contributed by atoms with Gasteiger partial charge in [-0.2, -0.15) is 13.2 Å². The zero-order chi connectivity index (χ0) is 18.9. The number of nitrogens with one attached hydrogen (secondary N) is 1. The van der Waals surface area contributed by atoms with Crippen LogP contribution in [0.2, 0.25) is 0 Å². The maximum atomic E-state index is 12.9. The summed E-state index contributed by atoms with van der Waals surface area (Å²) in [7, 11) is 1.55. The number of hydrogen-bond acceptors (Lipinski definition) is 3. The van der Waals surface area contributed by atoms with Crippen LogP contribution in [0.1, 0.15) is 11.1 Å². The molecule has 0 saturated carbocycles. The Hall–Kier alpha value is -1.97. The van der Waals surface area contributed by atoms with Crippen LogP contribution >= 0.6 is 22.6 Å². The van der Waals surface area contributed by atoms with E-state index in [9.17, 15) is 18.0 Å². The number of benzene rings is 2. The molecule has 3 rings (SSSR count). The van der Waals surface area contributed by atoms with Crippen LogP contribution in [0.5, 0.6) is 11.5 Å². The Morgan fingerprint density at radius 2 is 2.04 bits per heavy atom. The van der Waals surface area contributed by atoms with Crippen molar-refractivity contribution in [2.24, 2.45) is 5.92 Å². The fourth-order valence-corrected chi connectivity index (χ4v) is 3.15. The van der Waals surface area contributed by atoms with Gasteiger partial charge in [0.15, 0.2) is 0 Å². The highest BCUT2D eigenvalue weighted by Gasteiger charge is 2.32. The molecule has 138 valence electrons. The van der Waals surface area contributed by atoms with E-state index >= 15 is 0 Å². The van der Waals surface area contributed by atoms with Crippen molar-refractivity contribution in [2.45, 2.75) is 12.6 Å². The van der Waals surface area contributed by atoms with Crippen molar-refractivity contribution < 1.29 is 27.4 Å². The molecule has 0 radical (unpaired) electrons. The zero-order valence-electron chi connectivity index (χ0n) is 13.7. The Kier molecular flexibility index (Phi) is 5.31. The smallest absolute Gasteiger partial charge is 0.416 e. The maximum Gasteiger partial charge on any atom is 0.416 e. The van der Waals surface area contributed by atoms with Crippen LogP contribution in [0.4, 0.5) is 18.9 Å². The number of anilines is 1. The minimum Gasteiger partial charge on any atom is -0.497 e. The summed E-state index contributed by atoms with van der Waals surface area (Å²) in [5, 5.41) is 2.59. The number of carbonyl (C=O) groups excluding carboxylic acids is 1. The summed E-state index contributed by atoms with van der Waals surface area (Å²) in [5.41, 5.74) is 0.201. The third kappa shape index (κ3) is 4.05. The number of amides is 1. The number of alkyl halides is 3. The van der Waals surface area contributed by atoms with Gasteiger partial charge in [-0.15, -0.1) is 0 Å². The van der Waals surface area contributed by atoms with Crippen LogP contribution in [0.15, 0.2) is 36.4 Å². The Balaban J connectivity index is 1.75. The van der Waals surface area contributed by atoms with E-state index in [4.69, 9.17) is 9.47 Å². The number of carbonyl (C=O) groups is 1. The predicted octanol–water partition coefficient (Wildman–Crippen LogP) is 4.51. The van der Waals surface area contributed by atoms with Gasteiger partial charge in [0, 0.05) is 9.64 Å². The Labute approximate surface area is 161 Å². The summed E-state index contributed by atoms with van der Waals surface area (Å²) in [6.07, 6.45) is -4.02. The van der Waals surface area contributed by atoms with Gasteiger partial charge in [0.25, 0.3) is 0 Å². The second kappa shape index (κ2) is 7.34. The second-order valence-electron chi connectivity index (χ2n) is 5.87. The van der Waals surface area contributed by atoms with Crippen LogP contribution in [0.3, 0.4) is 0 Å². The molecule has 4 nitrogen and oxygen atoms in total. The molecule has 0 aromatic heterocycles. The molecule has 0 spiro atoms. The molecule has 0 fully saturated rings. The molecule has 0 aliphatic carbocycles. The van der Waals surface area contributed by atoms with Gasteiger partial charge in [0.2, 0.25) is 5.91 Å². The van der Waals surface area contributed by atoms with E-state index in [-0.39, 0.29) is 18.2 Å². The number of halogens is 4. The largest absolute Gasteiger partial charge is 0.497 e. The van der Waals surface area contributed by atoms with Crippen molar-refractivity contribution in [3.8, 4) is 11.5 Å². The minimum absolute atomic E-state index is 0.144. The third-order valence-corrected chi connectivity index (χ3v) is 5.04. The van der Waals surface area contributed by atoms with Gasteiger partial charge in [0.1, 0.15) is 18.1 Å². The first kappa shape index (κ1) is 18.8. The molecule has 1 unspecified atom stereocenters. The van der Waals surface area contributed by atoms with E-state index in [1.54, 1.807) is 19.2 Å². The van der Waals surface area contributed by atoms with E-state index < -0.39 is 17.7 Å². The van der Waals surface area contributed by atoms with Gasteiger partial charge in [-0.25, -0.2) is 0 Å². The van der Waals surface area contributed by atoms with Crippen LogP contribution in [0, 0.1) is 9.49 Å². The van der Waals surface area contributed by atoms with E-state index in [0.717, 1.165) is 17.7 Å².